The van der Waals surface area contributed by atoms with Gasteiger partial charge in [-0.15, -0.1) is 0 Å². The van der Waals surface area contributed by atoms with Crippen molar-refractivity contribution in [2.75, 3.05) is 0 Å². The molecule has 0 atom stereocenters. The number of rotatable bonds is 10. The fraction of sp³-hybridized carbons (Fsp3) is 0.0909. The number of fused-ring (bicyclic) bond motifs is 6. The van der Waals surface area contributed by atoms with Crippen LogP contribution in [0.15, 0.2) is 308 Å². The molecule has 0 aliphatic carbocycles. The molecule has 10 nitrogen and oxygen atoms in total. The minimum Gasteiger partial charge on any atom is -0.399 e. The van der Waals surface area contributed by atoms with Crippen molar-refractivity contribution in [1.29, 1.82) is 0 Å². The Morgan fingerprint density at radius 2 is 0.600 bits per heavy atom. The van der Waals surface area contributed by atoms with Gasteiger partial charge in [0.05, 0.1) is 11.2 Å². The van der Waals surface area contributed by atoms with E-state index in [1.165, 1.54) is 43.1 Å². The molecular weight excluding hydrogens is 1290 g/mol. The Hall–Kier alpha value is -11.5. The Bertz CT molecular complexity index is 5500. The van der Waals surface area contributed by atoms with Crippen LogP contribution in [0, 0.1) is 13.8 Å². The number of aryl methyl sites for hydroxylation is 2. The van der Waals surface area contributed by atoms with E-state index in [1.807, 2.05) is 154 Å². The average molecular weight is 1360 g/mol. The van der Waals surface area contributed by atoms with Crippen LogP contribution < -0.4 is 5.46 Å². The third-order valence-electron chi connectivity index (χ3n) is 18.6. The third-order valence-corrected chi connectivity index (χ3v) is 19.1. The summed E-state index contributed by atoms with van der Waals surface area (Å²) in [4.78, 5) is 38.7. The van der Waals surface area contributed by atoms with Gasteiger partial charge in [-0.2, -0.15) is 0 Å². The zero-order chi connectivity index (χ0) is 68.3. The van der Waals surface area contributed by atoms with Gasteiger partial charge < -0.3 is 9.31 Å². The van der Waals surface area contributed by atoms with Crippen LogP contribution in [0.4, 0.5) is 0 Å². The van der Waals surface area contributed by atoms with Crippen LogP contribution in [-0.4, -0.2) is 58.2 Å². The van der Waals surface area contributed by atoms with E-state index in [0.29, 0.717) is 34.9 Å². The van der Waals surface area contributed by atoms with E-state index in [9.17, 15) is 0 Å². The van der Waals surface area contributed by atoms with Crippen molar-refractivity contribution in [3.8, 4) is 102 Å². The van der Waals surface area contributed by atoms with E-state index in [0.717, 1.165) is 88.1 Å². The molecular formula is C88H68BBrN8O2. The number of hydrogen-bond acceptors (Lipinski definition) is 10. The predicted molar refractivity (Wildman–Crippen MR) is 414 cm³/mol. The minimum atomic E-state index is -0.561. The van der Waals surface area contributed by atoms with Crippen molar-refractivity contribution in [3.05, 3.63) is 319 Å². The number of pyridine rings is 2. The second kappa shape index (κ2) is 27.8. The van der Waals surface area contributed by atoms with Gasteiger partial charge in [-0.3, -0.25) is 9.97 Å². The van der Waals surface area contributed by atoms with Crippen molar-refractivity contribution in [1.82, 2.24) is 39.9 Å². The zero-order valence-electron chi connectivity index (χ0n) is 56.2. The van der Waals surface area contributed by atoms with E-state index in [1.54, 1.807) is 6.20 Å². The lowest BCUT2D eigenvalue weighted by atomic mass is 9.76. The van der Waals surface area contributed by atoms with Gasteiger partial charge in [0, 0.05) is 67.2 Å². The summed E-state index contributed by atoms with van der Waals surface area (Å²) in [6, 6.07) is 100. The normalized spacial score (nSPS) is 13.0. The largest absolute Gasteiger partial charge is 0.494 e. The molecule has 17 rings (SSSR count). The van der Waals surface area contributed by atoms with Gasteiger partial charge in [0.2, 0.25) is 0 Å². The molecule has 12 aromatic carbocycles. The lowest BCUT2D eigenvalue weighted by Gasteiger charge is -2.32. The highest BCUT2D eigenvalue weighted by molar-refractivity contribution is 9.10. The summed E-state index contributed by atoms with van der Waals surface area (Å²) < 4.78 is 14.2. The Morgan fingerprint density at radius 3 is 0.990 bits per heavy atom. The summed E-state index contributed by atoms with van der Waals surface area (Å²) in [5, 5.41) is 9.67. The topological polar surface area (TPSA) is 122 Å². The van der Waals surface area contributed by atoms with E-state index in [4.69, 9.17) is 39.2 Å². The van der Waals surface area contributed by atoms with Crippen molar-refractivity contribution in [2.24, 2.45) is 0 Å². The van der Waals surface area contributed by atoms with Gasteiger partial charge in [0.25, 0.3) is 0 Å². The van der Waals surface area contributed by atoms with Crippen LogP contribution in [0.3, 0.4) is 0 Å². The smallest absolute Gasteiger partial charge is 0.399 e. The molecule has 482 valence electrons. The molecule has 100 heavy (non-hydrogen) atoms. The summed E-state index contributed by atoms with van der Waals surface area (Å²) in [6.07, 6.45) is 3.73. The second-order valence-electron chi connectivity index (χ2n) is 26.0. The first-order chi connectivity index (χ1) is 48.7. The predicted octanol–water partition coefficient (Wildman–Crippen LogP) is 21.5. The van der Waals surface area contributed by atoms with E-state index in [2.05, 4.69) is 211 Å². The molecule has 0 spiro atoms. The van der Waals surface area contributed by atoms with Crippen LogP contribution in [0.25, 0.3) is 145 Å². The number of benzene rings is 12. The van der Waals surface area contributed by atoms with E-state index in [-0.39, 0.29) is 0 Å². The Balaban J connectivity index is 0.000000146. The first kappa shape index (κ1) is 64.5. The van der Waals surface area contributed by atoms with Crippen LogP contribution in [0.5, 0.6) is 0 Å². The molecule has 16 aromatic rings. The number of aromatic nitrogens is 8. The lowest BCUT2D eigenvalue weighted by molar-refractivity contribution is 0.00578. The fourth-order valence-electron chi connectivity index (χ4n) is 12.7. The van der Waals surface area contributed by atoms with Crippen LogP contribution in [0.2, 0.25) is 0 Å². The van der Waals surface area contributed by atoms with E-state index >= 15 is 0 Å². The molecule has 0 N–H and O–H groups in total. The molecule has 1 aliphatic heterocycles. The van der Waals surface area contributed by atoms with Crippen molar-refractivity contribution >= 4 is 71.6 Å². The summed E-state index contributed by atoms with van der Waals surface area (Å²) in [7, 11) is -0.561. The summed E-state index contributed by atoms with van der Waals surface area (Å²) in [6.45, 7) is 12.3. The molecule has 1 fully saturated rings. The molecule has 0 radical (unpaired) electrons. The molecule has 1 saturated heterocycles. The molecule has 0 saturated carbocycles. The maximum absolute atomic E-state index is 6.60. The molecule has 12 heteroatoms. The average Bonchev–Trinajstić information content (AvgIpc) is 1.74. The van der Waals surface area contributed by atoms with Crippen LogP contribution >= 0.6 is 15.9 Å². The van der Waals surface area contributed by atoms with Gasteiger partial charge in [-0.05, 0) is 188 Å². The van der Waals surface area contributed by atoms with Gasteiger partial charge in [0.15, 0.2) is 34.9 Å². The quantitative estimate of drug-likeness (QED) is 0.0966. The first-order valence-electron chi connectivity index (χ1n) is 33.5. The molecule has 1 aliphatic rings. The fourth-order valence-corrected chi connectivity index (χ4v) is 12.9. The molecule has 0 amide bonds. The number of halogens is 1. The van der Waals surface area contributed by atoms with Crippen molar-refractivity contribution in [3.63, 3.8) is 0 Å². The number of hydrogen-bond donors (Lipinski definition) is 0. The van der Waals surface area contributed by atoms with Gasteiger partial charge in [-0.1, -0.05) is 237 Å². The highest BCUT2D eigenvalue weighted by Gasteiger charge is 2.52. The summed E-state index contributed by atoms with van der Waals surface area (Å²) in [5.74, 6) is 3.72. The number of nitrogens with zero attached hydrogens (tertiary/aromatic N) is 8. The Kier molecular flexibility index (Phi) is 17.9. The van der Waals surface area contributed by atoms with Gasteiger partial charge >= 0.3 is 7.12 Å². The second-order valence-corrected chi connectivity index (χ2v) is 26.9. The van der Waals surface area contributed by atoms with E-state index < -0.39 is 18.3 Å². The monoisotopic (exact) mass is 1360 g/mol. The van der Waals surface area contributed by atoms with Crippen molar-refractivity contribution < 1.29 is 9.31 Å². The Labute approximate surface area is 590 Å². The van der Waals surface area contributed by atoms with Crippen LogP contribution in [-0.2, 0) is 9.31 Å². The lowest BCUT2D eigenvalue weighted by Crippen LogP contribution is -2.41. The standard InChI is InChI=1S/C41H34BN3O2.C41H28N4.C6H6BrN/c1-40(2)41(3,4)47-42(46-40)32-24-30(36-26-29-19-11-12-20-33(29)34-21-13-14-22-35(34)36)23-31(25-32)39-44-37(27-15-7-5-8-16-27)43-38(45-39)28-17-9-6-10-18-28;1-27-20-21-31(26-42-27)32-22-33(38-25-30-16-8-9-17-35(30)36-18-10-11-19-37(36)38)24-34(23-32)41-44-39(28-12-4-2-5-13-28)43-40(45-41)29-14-6-3-7-15-29;1-5-2-3-6(7)4-8-5/h5-26H,1-4H3;2-26H,1H3;2-4H,1H3. The molecule has 0 unspecified atom stereocenters. The van der Waals surface area contributed by atoms with Crippen LogP contribution in [0.1, 0.15) is 39.1 Å². The SMILES string of the molecule is CC1(C)OB(c2cc(-c3nc(-c4ccccc4)nc(-c4ccccc4)n3)cc(-c3cc4ccccc4c4ccccc34)c2)OC1(C)C.Cc1ccc(-c2cc(-c3nc(-c4ccccc4)nc(-c4ccccc4)n3)cc(-c3cc4ccccc4c4ccccc34)c2)cn1.Cc1ccc(Br)cn1. The Morgan fingerprint density at radius 1 is 0.280 bits per heavy atom. The van der Waals surface area contributed by atoms with Crippen molar-refractivity contribution in [2.45, 2.75) is 52.7 Å². The molecule has 4 aromatic heterocycles. The highest BCUT2D eigenvalue weighted by Crippen LogP contribution is 2.42. The molecule has 5 heterocycles. The third kappa shape index (κ3) is 13.6. The highest BCUT2D eigenvalue weighted by atomic mass is 79.9. The summed E-state index contributed by atoms with van der Waals surface area (Å²) in [5.41, 5.74) is 14.0. The zero-order valence-corrected chi connectivity index (χ0v) is 57.8. The maximum Gasteiger partial charge on any atom is 0.494 e. The molecule has 0 bridgehead atoms. The minimum absolute atomic E-state index is 0.488. The van der Waals surface area contributed by atoms with Gasteiger partial charge in [0.1, 0.15) is 0 Å². The maximum atomic E-state index is 6.60. The summed E-state index contributed by atoms with van der Waals surface area (Å²) >= 11 is 3.28. The van der Waals surface area contributed by atoms with Gasteiger partial charge in [-0.25, -0.2) is 29.9 Å². The first-order valence-corrected chi connectivity index (χ1v) is 34.3.